The number of nitrogens with zero attached hydrogens (tertiary/aromatic N) is 3. The molecule has 2 heterocycles. The van der Waals surface area contributed by atoms with Gasteiger partial charge < -0.3 is 19.9 Å². The van der Waals surface area contributed by atoms with Gasteiger partial charge in [-0.25, -0.2) is 0 Å². The Labute approximate surface area is 223 Å². The summed E-state index contributed by atoms with van der Waals surface area (Å²) in [5.74, 6) is -0.332. The maximum absolute atomic E-state index is 13.8. The van der Waals surface area contributed by atoms with E-state index in [1.807, 2.05) is 17.9 Å². The SMILES string of the molecule is CCOC(=O)[C@H]1CCCC[C@H]1N1CCN(C(=O)[C@@H](Cc2ccc(Cl)cc2Cl)N2CCNCC2=O)CC1. The molecule has 3 aliphatic rings. The average Bonchev–Trinajstić information content (AvgIpc) is 2.89. The predicted molar refractivity (Wildman–Crippen MR) is 139 cm³/mol. The Morgan fingerprint density at radius 3 is 2.56 bits per heavy atom. The maximum Gasteiger partial charge on any atom is 0.310 e. The molecule has 10 heteroatoms. The van der Waals surface area contributed by atoms with Gasteiger partial charge in [0.15, 0.2) is 0 Å². The molecule has 1 saturated carbocycles. The number of hydrogen-bond acceptors (Lipinski definition) is 6. The summed E-state index contributed by atoms with van der Waals surface area (Å²) >= 11 is 12.5. The van der Waals surface area contributed by atoms with E-state index in [0.717, 1.165) is 31.2 Å². The maximum atomic E-state index is 13.8. The summed E-state index contributed by atoms with van der Waals surface area (Å²) in [5.41, 5.74) is 0.795. The highest BCUT2D eigenvalue weighted by molar-refractivity contribution is 6.35. The lowest BCUT2D eigenvalue weighted by molar-refractivity contribution is -0.153. The number of carbonyl (C=O) groups excluding carboxylic acids is 3. The first-order valence-electron chi connectivity index (χ1n) is 13.0. The Morgan fingerprint density at radius 1 is 1.11 bits per heavy atom. The fourth-order valence-electron chi connectivity index (χ4n) is 5.73. The summed E-state index contributed by atoms with van der Waals surface area (Å²) in [6.07, 6.45) is 4.33. The van der Waals surface area contributed by atoms with Gasteiger partial charge >= 0.3 is 5.97 Å². The van der Waals surface area contributed by atoms with Crippen LogP contribution in [0, 0.1) is 5.92 Å². The molecule has 2 saturated heterocycles. The van der Waals surface area contributed by atoms with Gasteiger partial charge in [-0.15, -0.1) is 0 Å². The molecule has 0 unspecified atom stereocenters. The number of ether oxygens (including phenoxy) is 1. The first kappa shape index (κ1) is 27.2. The Morgan fingerprint density at radius 2 is 1.86 bits per heavy atom. The molecule has 3 atom stereocenters. The number of nitrogens with one attached hydrogen (secondary N) is 1. The monoisotopic (exact) mass is 538 g/mol. The predicted octanol–water partition coefficient (Wildman–Crippen LogP) is 2.60. The molecule has 198 valence electrons. The van der Waals surface area contributed by atoms with Crippen molar-refractivity contribution >= 4 is 41.0 Å². The molecule has 0 radical (unpaired) electrons. The summed E-state index contributed by atoms with van der Waals surface area (Å²) in [6.45, 7) is 6.13. The van der Waals surface area contributed by atoms with Crippen molar-refractivity contribution in [2.45, 2.75) is 51.1 Å². The lowest BCUT2D eigenvalue weighted by atomic mass is 9.83. The highest BCUT2D eigenvalue weighted by Crippen LogP contribution is 2.31. The number of benzene rings is 1. The lowest BCUT2D eigenvalue weighted by Crippen LogP contribution is -2.61. The van der Waals surface area contributed by atoms with Gasteiger partial charge in [-0.2, -0.15) is 0 Å². The standard InChI is InChI=1S/C26H36Cl2N4O4/c1-2-36-26(35)20-5-3-4-6-22(20)30-11-13-31(14-12-30)25(34)23(32-10-9-29-17-24(32)33)15-18-7-8-19(27)16-21(18)28/h7-8,16,20,22-23,29H,2-6,9-15,17H2,1H3/t20-,22+,23+/m0/s1. The van der Waals surface area contributed by atoms with Gasteiger partial charge in [0.25, 0.3) is 0 Å². The Bertz CT molecular complexity index is 954. The van der Waals surface area contributed by atoms with Crippen LogP contribution in [0.4, 0.5) is 0 Å². The molecule has 0 bridgehead atoms. The Kier molecular flexibility index (Phi) is 9.50. The molecular formula is C26H36Cl2N4O4. The van der Waals surface area contributed by atoms with Gasteiger partial charge in [0, 0.05) is 61.8 Å². The quantitative estimate of drug-likeness (QED) is 0.537. The van der Waals surface area contributed by atoms with E-state index in [-0.39, 0.29) is 36.3 Å². The summed E-state index contributed by atoms with van der Waals surface area (Å²) in [4.78, 5) is 45.0. The molecule has 8 nitrogen and oxygen atoms in total. The number of halogens is 2. The van der Waals surface area contributed by atoms with E-state index in [2.05, 4.69) is 10.2 Å². The number of rotatable bonds is 7. The van der Waals surface area contributed by atoms with E-state index in [1.165, 1.54) is 0 Å². The zero-order chi connectivity index (χ0) is 25.7. The normalized spacial score (nSPS) is 24.5. The van der Waals surface area contributed by atoms with Crippen LogP contribution < -0.4 is 5.32 Å². The smallest absolute Gasteiger partial charge is 0.310 e. The van der Waals surface area contributed by atoms with Crippen LogP contribution >= 0.6 is 23.2 Å². The van der Waals surface area contributed by atoms with Gasteiger partial charge in [-0.3, -0.25) is 19.3 Å². The van der Waals surface area contributed by atoms with Crippen LogP contribution in [0.25, 0.3) is 0 Å². The second-order valence-electron chi connectivity index (χ2n) is 9.79. The molecule has 4 rings (SSSR count). The fourth-order valence-corrected chi connectivity index (χ4v) is 6.22. The number of carbonyl (C=O) groups is 3. The van der Waals surface area contributed by atoms with Crippen LogP contribution in [0.5, 0.6) is 0 Å². The van der Waals surface area contributed by atoms with E-state index in [9.17, 15) is 14.4 Å². The molecule has 1 aliphatic carbocycles. The zero-order valence-corrected chi connectivity index (χ0v) is 22.4. The molecule has 0 aromatic heterocycles. The zero-order valence-electron chi connectivity index (χ0n) is 20.9. The van der Waals surface area contributed by atoms with Crippen molar-refractivity contribution in [3.63, 3.8) is 0 Å². The van der Waals surface area contributed by atoms with Crippen molar-refractivity contribution in [2.24, 2.45) is 5.92 Å². The van der Waals surface area contributed by atoms with Gasteiger partial charge in [0.2, 0.25) is 11.8 Å². The minimum absolute atomic E-state index is 0.0542. The number of amides is 2. The first-order chi connectivity index (χ1) is 17.4. The van der Waals surface area contributed by atoms with Crippen LogP contribution in [0.2, 0.25) is 10.0 Å². The van der Waals surface area contributed by atoms with Crippen LogP contribution in [0.15, 0.2) is 18.2 Å². The van der Waals surface area contributed by atoms with Crippen molar-refractivity contribution in [1.82, 2.24) is 20.0 Å². The van der Waals surface area contributed by atoms with Crippen LogP contribution in [0.1, 0.15) is 38.2 Å². The average molecular weight is 540 g/mol. The molecule has 36 heavy (non-hydrogen) atoms. The summed E-state index contributed by atoms with van der Waals surface area (Å²) in [5, 5.41) is 4.11. The van der Waals surface area contributed by atoms with Crippen molar-refractivity contribution in [2.75, 3.05) is 52.4 Å². The summed E-state index contributed by atoms with van der Waals surface area (Å²) in [6, 6.07) is 4.80. The van der Waals surface area contributed by atoms with Crippen LogP contribution in [-0.2, 0) is 25.5 Å². The third-order valence-corrected chi connectivity index (χ3v) is 8.22. The van der Waals surface area contributed by atoms with Crippen molar-refractivity contribution in [3.05, 3.63) is 33.8 Å². The van der Waals surface area contributed by atoms with E-state index >= 15 is 0 Å². The topological polar surface area (TPSA) is 82.2 Å². The minimum Gasteiger partial charge on any atom is -0.466 e. The van der Waals surface area contributed by atoms with E-state index in [0.29, 0.717) is 62.3 Å². The molecule has 0 spiro atoms. The highest BCUT2D eigenvalue weighted by atomic mass is 35.5. The summed E-state index contributed by atoms with van der Waals surface area (Å²) in [7, 11) is 0. The van der Waals surface area contributed by atoms with Gasteiger partial charge in [-0.05, 0) is 37.5 Å². The van der Waals surface area contributed by atoms with Gasteiger partial charge in [-0.1, -0.05) is 42.1 Å². The van der Waals surface area contributed by atoms with Crippen molar-refractivity contribution in [1.29, 1.82) is 0 Å². The second kappa shape index (κ2) is 12.6. The van der Waals surface area contributed by atoms with Crippen LogP contribution in [-0.4, -0.2) is 97.0 Å². The highest BCUT2D eigenvalue weighted by Gasteiger charge is 2.39. The molecule has 3 fully saturated rings. The van der Waals surface area contributed by atoms with Crippen molar-refractivity contribution < 1.29 is 19.1 Å². The molecule has 2 aliphatic heterocycles. The number of esters is 1. The fraction of sp³-hybridized carbons (Fsp3) is 0.654. The molecular weight excluding hydrogens is 503 g/mol. The second-order valence-corrected chi connectivity index (χ2v) is 10.6. The number of hydrogen-bond donors (Lipinski definition) is 1. The van der Waals surface area contributed by atoms with Crippen molar-refractivity contribution in [3.8, 4) is 0 Å². The third kappa shape index (κ3) is 6.33. The van der Waals surface area contributed by atoms with Gasteiger partial charge in [0.1, 0.15) is 6.04 Å². The molecule has 1 aromatic carbocycles. The van der Waals surface area contributed by atoms with E-state index in [4.69, 9.17) is 27.9 Å². The Balaban J connectivity index is 1.45. The lowest BCUT2D eigenvalue weighted by Gasteiger charge is -2.44. The third-order valence-electron chi connectivity index (χ3n) is 7.63. The summed E-state index contributed by atoms with van der Waals surface area (Å²) < 4.78 is 5.35. The number of piperazine rings is 2. The van der Waals surface area contributed by atoms with Gasteiger partial charge in [0.05, 0.1) is 19.1 Å². The molecule has 2 amide bonds. The largest absolute Gasteiger partial charge is 0.466 e. The minimum atomic E-state index is -0.619. The molecule has 1 N–H and O–H groups in total. The van der Waals surface area contributed by atoms with E-state index < -0.39 is 6.04 Å². The van der Waals surface area contributed by atoms with Crippen LogP contribution in [0.3, 0.4) is 0 Å². The first-order valence-corrected chi connectivity index (χ1v) is 13.8. The van der Waals surface area contributed by atoms with E-state index in [1.54, 1.807) is 17.0 Å². The molecule has 1 aromatic rings. The Hall–Kier alpha value is -1.87.